The first-order chi connectivity index (χ1) is 13.4. The van der Waals surface area contributed by atoms with Crippen LogP contribution in [0.1, 0.15) is 6.92 Å². The molecule has 1 fully saturated rings. The molecule has 28 heavy (non-hydrogen) atoms. The van der Waals surface area contributed by atoms with Crippen molar-refractivity contribution in [3.8, 4) is 11.1 Å². The highest BCUT2D eigenvalue weighted by atomic mass is 19.1. The molecule has 0 spiro atoms. The van der Waals surface area contributed by atoms with Crippen LogP contribution in [0.2, 0.25) is 0 Å². The van der Waals surface area contributed by atoms with Crippen LogP contribution in [0.25, 0.3) is 22.0 Å². The molecule has 1 aliphatic heterocycles. The molecule has 2 aromatic carbocycles. The first kappa shape index (κ1) is 18.0. The third kappa shape index (κ3) is 3.31. The molecule has 3 aromatic rings. The molecule has 1 N–H and O–H groups in total. The van der Waals surface area contributed by atoms with E-state index in [-0.39, 0.29) is 19.0 Å². The third-order valence-corrected chi connectivity index (χ3v) is 4.91. The zero-order chi connectivity index (χ0) is 19.8. The van der Waals surface area contributed by atoms with E-state index in [1.54, 1.807) is 12.1 Å². The fourth-order valence-electron chi connectivity index (χ4n) is 3.45. The van der Waals surface area contributed by atoms with Crippen molar-refractivity contribution in [2.45, 2.75) is 13.0 Å². The van der Waals surface area contributed by atoms with E-state index in [1.807, 2.05) is 42.1 Å². The second-order valence-electron chi connectivity index (χ2n) is 6.92. The Hall–Kier alpha value is -3.35. The summed E-state index contributed by atoms with van der Waals surface area (Å²) in [6, 6.07) is 12.5. The molecule has 1 aliphatic rings. The van der Waals surface area contributed by atoms with E-state index in [2.05, 4.69) is 5.32 Å². The maximum atomic E-state index is 14.8. The molecule has 0 bridgehead atoms. The lowest BCUT2D eigenvalue weighted by atomic mass is 10.0. The van der Waals surface area contributed by atoms with Gasteiger partial charge in [-0.3, -0.25) is 9.69 Å². The van der Waals surface area contributed by atoms with Gasteiger partial charge in [-0.25, -0.2) is 9.18 Å². The monoisotopic (exact) mass is 381 g/mol. The van der Waals surface area contributed by atoms with E-state index in [1.165, 1.54) is 17.9 Å². The van der Waals surface area contributed by atoms with E-state index in [0.29, 0.717) is 11.3 Å². The molecule has 7 heteroatoms. The number of aryl methyl sites for hydroxylation is 1. The molecule has 1 unspecified atom stereocenters. The van der Waals surface area contributed by atoms with E-state index < -0.39 is 18.0 Å². The summed E-state index contributed by atoms with van der Waals surface area (Å²) in [4.78, 5) is 24.5. The van der Waals surface area contributed by atoms with Crippen molar-refractivity contribution in [1.82, 2.24) is 9.88 Å². The van der Waals surface area contributed by atoms with Crippen LogP contribution in [-0.2, 0) is 16.6 Å². The van der Waals surface area contributed by atoms with Gasteiger partial charge in [-0.05, 0) is 42.0 Å². The summed E-state index contributed by atoms with van der Waals surface area (Å²) in [7, 11) is 1.96. The molecule has 0 aliphatic carbocycles. The first-order valence-electron chi connectivity index (χ1n) is 9.00. The highest BCUT2D eigenvalue weighted by molar-refractivity contribution is 5.91. The summed E-state index contributed by atoms with van der Waals surface area (Å²) in [6.07, 6.45) is 0.956. The minimum atomic E-state index is -0.548. The van der Waals surface area contributed by atoms with Gasteiger partial charge in [-0.15, -0.1) is 0 Å². The van der Waals surface area contributed by atoms with Crippen LogP contribution in [0, 0.1) is 5.82 Å². The molecule has 4 rings (SSSR count). The molecule has 0 saturated carbocycles. The van der Waals surface area contributed by atoms with Crippen LogP contribution in [0.3, 0.4) is 0 Å². The maximum absolute atomic E-state index is 14.8. The Bertz CT molecular complexity index is 1080. The van der Waals surface area contributed by atoms with Crippen LogP contribution in [0.15, 0.2) is 48.7 Å². The van der Waals surface area contributed by atoms with Gasteiger partial charge in [0.2, 0.25) is 5.91 Å². The number of nitrogens with one attached hydrogen (secondary N) is 1. The van der Waals surface area contributed by atoms with E-state index in [0.717, 1.165) is 16.5 Å². The standard InChI is InChI=1S/C21H20FN3O3/c1-13(26)23-11-17-12-25(21(27)28-17)16-4-5-18(19(22)10-16)14-3-6-20-15(9-14)7-8-24(20)2/h3-10,17H,11-12H2,1-2H3,(H,23,26). The highest BCUT2D eigenvalue weighted by Crippen LogP contribution is 2.31. The predicted molar refractivity (Wildman–Crippen MR) is 105 cm³/mol. The summed E-state index contributed by atoms with van der Waals surface area (Å²) < 4.78 is 22.1. The van der Waals surface area contributed by atoms with E-state index >= 15 is 0 Å². The fraction of sp³-hybridized carbons (Fsp3) is 0.238. The lowest BCUT2D eigenvalue weighted by Gasteiger charge is -2.14. The number of fused-ring (bicyclic) bond motifs is 1. The molecule has 2 amide bonds. The third-order valence-electron chi connectivity index (χ3n) is 4.91. The molecule has 1 saturated heterocycles. The molecule has 1 aromatic heterocycles. The second kappa shape index (κ2) is 6.99. The number of cyclic esters (lactones) is 1. The number of hydrogen-bond acceptors (Lipinski definition) is 3. The fourth-order valence-corrected chi connectivity index (χ4v) is 3.45. The Labute approximate surface area is 161 Å². The van der Waals surface area contributed by atoms with Gasteiger partial charge in [0.15, 0.2) is 0 Å². The summed E-state index contributed by atoms with van der Waals surface area (Å²) in [5.41, 5.74) is 2.75. The summed E-state index contributed by atoms with van der Waals surface area (Å²) in [5.74, 6) is -0.605. The summed E-state index contributed by atoms with van der Waals surface area (Å²) in [5, 5.41) is 3.65. The number of halogens is 1. The first-order valence-corrected chi connectivity index (χ1v) is 9.00. The normalized spacial score (nSPS) is 16.5. The minimum Gasteiger partial charge on any atom is -0.442 e. The lowest BCUT2D eigenvalue weighted by molar-refractivity contribution is -0.119. The van der Waals surface area contributed by atoms with Crippen LogP contribution in [0.5, 0.6) is 0 Å². The van der Waals surface area contributed by atoms with Crippen molar-refractivity contribution >= 4 is 28.6 Å². The van der Waals surface area contributed by atoms with Gasteiger partial charge >= 0.3 is 6.09 Å². The number of carbonyl (C=O) groups is 2. The molecule has 144 valence electrons. The Kier molecular flexibility index (Phi) is 4.50. The Morgan fingerprint density at radius 3 is 2.82 bits per heavy atom. The van der Waals surface area contributed by atoms with Gasteiger partial charge in [-0.1, -0.05) is 6.07 Å². The van der Waals surface area contributed by atoms with Gasteiger partial charge < -0.3 is 14.6 Å². The van der Waals surface area contributed by atoms with Crippen LogP contribution in [0.4, 0.5) is 14.9 Å². The van der Waals surface area contributed by atoms with Crippen molar-refractivity contribution in [1.29, 1.82) is 0 Å². The molecule has 0 radical (unpaired) electrons. The van der Waals surface area contributed by atoms with Gasteiger partial charge in [-0.2, -0.15) is 0 Å². The number of carbonyl (C=O) groups excluding carboxylic acids is 2. The Morgan fingerprint density at radius 2 is 2.07 bits per heavy atom. The van der Waals surface area contributed by atoms with Crippen LogP contribution >= 0.6 is 0 Å². The van der Waals surface area contributed by atoms with Crippen molar-refractivity contribution < 1.29 is 18.7 Å². The topological polar surface area (TPSA) is 63.6 Å². The van der Waals surface area contributed by atoms with Crippen molar-refractivity contribution in [2.24, 2.45) is 7.05 Å². The zero-order valence-electron chi connectivity index (χ0n) is 15.6. The van der Waals surface area contributed by atoms with Gasteiger partial charge in [0.25, 0.3) is 0 Å². The molecular formula is C21H20FN3O3. The smallest absolute Gasteiger partial charge is 0.414 e. The predicted octanol–water partition coefficient (Wildman–Crippen LogP) is 3.45. The molecule has 1 atom stereocenters. The number of amides is 2. The summed E-state index contributed by atoms with van der Waals surface area (Å²) >= 11 is 0. The van der Waals surface area contributed by atoms with Crippen molar-refractivity contribution in [3.63, 3.8) is 0 Å². The quantitative estimate of drug-likeness (QED) is 0.753. The average molecular weight is 381 g/mol. The van der Waals surface area contributed by atoms with Crippen LogP contribution in [-0.4, -0.2) is 35.8 Å². The van der Waals surface area contributed by atoms with E-state index in [4.69, 9.17) is 4.74 Å². The van der Waals surface area contributed by atoms with Gasteiger partial charge in [0.1, 0.15) is 11.9 Å². The summed E-state index contributed by atoms with van der Waals surface area (Å²) in [6.45, 7) is 1.89. The number of aromatic nitrogens is 1. The Balaban J connectivity index is 1.57. The number of ether oxygens (including phenoxy) is 1. The SMILES string of the molecule is CC(=O)NCC1CN(c2ccc(-c3ccc4c(ccn4C)c3)c(F)c2)C(=O)O1. The minimum absolute atomic E-state index is 0.194. The van der Waals surface area contributed by atoms with Gasteiger partial charge in [0.05, 0.1) is 18.8 Å². The highest BCUT2D eigenvalue weighted by Gasteiger charge is 2.32. The zero-order valence-corrected chi connectivity index (χ0v) is 15.6. The largest absolute Gasteiger partial charge is 0.442 e. The number of rotatable bonds is 4. The molecule has 6 nitrogen and oxygen atoms in total. The molecule has 2 heterocycles. The lowest BCUT2D eigenvalue weighted by Crippen LogP contribution is -2.33. The molecular weight excluding hydrogens is 361 g/mol. The number of nitrogens with zero attached hydrogens (tertiary/aromatic N) is 2. The Morgan fingerprint density at radius 1 is 1.25 bits per heavy atom. The van der Waals surface area contributed by atoms with E-state index in [9.17, 15) is 14.0 Å². The number of benzene rings is 2. The average Bonchev–Trinajstić information content (AvgIpc) is 3.22. The second-order valence-corrected chi connectivity index (χ2v) is 6.92. The van der Waals surface area contributed by atoms with Crippen molar-refractivity contribution in [2.75, 3.05) is 18.0 Å². The van der Waals surface area contributed by atoms with Crippen LogP contribution < -0.4 is 10.2 Å². The van der Waals surface area contributed by atoms with Gasteiger partial charge in [0, 0.05) is 36.6 Å². The van der Waals surface area contributed by atoms with Crippen molar-refractivity contribution in [3.05, 3.63) is 54.5 Å². The number of anilines is 1. The number of hydrogen-bond donors (Lipinski definition) is 1. The maximum Gasteiger partial charge on any atom is 0.414 e.